The van der Waals surface area contributed by atoms with E-state index in [0.29, 0.717) is 30.4 Å². The second-order valence-electron chi connectivity index (χ2n) is 3.22. The van der Waals surface area contributed by atoms with Gasteiger partial charge in [-0.2, -0.15) is 0 Å². The molecule has 1 aromatic rings. The molecule has 0 bridgehead atoms. The number of benzene rings is 1. The van der Waals surface area contributed by atoms with Crippen LogP contribution in [0.1, 0.15) is 13.8 Å². The minimum absolute atomic E-state index is 0.278. The lowest BCUT2D eigenvalue weighted by atomic mass is 10.2. The summed E-state index contributed by atoms with van der Waals surface area (Å²) in [5.41, 5.74) is 0.586. The second kappa shape index (κ2) is 6.58. The number of amides is 1. The molecule has 1 amide bonds. The first-order chi connectivity index (χ1) is 8.21. The first kappa shape index (κ1) is 13.1. The first-order valence-corrected chi connectivity index (χ1v) is 5.54. The summed E-state index contributed by atoms with van der Waals surface area (Å²) in [6.45, 7) is 8.30. The van der Waals surface area contributed by atoms with E-state index in [1.165, 1.54) is 6.08 Å². The normalized spacial score (nSPS) is 9.53. The zero-order valence-electron chi connectivity index (χ0n) is 10.2. The molecule has 0 unspecified atom stereocenters. The number of anilines is 1. The average Bonchev–Trinajstić information content (AvgIpc) is 2.33. The predicted molar refractivity (Wildman–Crippen MR) is 67.6 cm³/mol. The zero-order valence-corrected chi connectivity index (χ0v) is 10.2. The lowest BCUT2D eigenvalue weighted by Crippen LogP contribution is -2.09. The van der Waals surface area contributed by atoms with Crippen molar-refractivity contribution < 1.29 is 14.3 Å². The molecule has 0 aliphatic carbocycles. The fraction of sp³-hybridized carbons (Fsp3) is 0.308. The van der Waals surface area contributed by atoms with Gasteiger partial charge in [0, 0.05) is 6.07 Å². The molecule has 0 fully saturated rings. The van der Waals surface area contributed by atoms with Crippen molar-refractivity contribution in [3.8, 4) is 11.5 Å². The van der Waals surface area contributed by atoms with Gasteiger partial charge in [-0.15, -0.1) is 0 Å². The van der Waals surface area contributed by atoms with Crippen LogP contribution in [0.25, 0.3) is 0 Å². The van der Waals surface area contributed by atoms with Crippen molar-refractivity contribution in [3.63, 3.8) is 0 Å². The van der Waals surface area contributed by atoms with Crippen molar-refractivity contribution in [2.24, 2.45) is 0 Å². The van der Waals surface area contributed by atoms with Crippen LogP contribution in [0.5, 0.6) is 11.5 Å². The van der Waals surface area contributed by atoms with Gasteiger partial charge in [-0.05, 0) is 32.1 Å². The van der Waals surface area contributed by atoms with E-state index in [0.717, 1.165) is 0 Å². The lowest BCUT2D eigenvalue weighted by Gasteiger charge is -2.12. The van der Waals surface area contributed by atoms with E-state index >= 15 is 0 Å². The maximum absolute atomic E-state index is 11.3. The summed E-state index contributed by atoms with van der Waals surface area (Å²) in [4.78, 5) is 11.3. The Kier molecular flexibility index (Phi) is 5.07. The molecular weight excluding hydrogens is 218 g/mol. The van der Waals surface area contributed by atoms with E-state index in [4.69, 9.17) is 9.47 Å². The Labute approximate surface area is 101 Å². The van der Waals surface area contributed by atoms with Crippen LogP contribution in [0.4, 0.5) is 5.69 Å². The monoisotopic (exact) mass is 235 g/mol. The van der Waals surface area contributed by atoms with E-state index < -0.39 is 0 Å². The summed E-state index contributed by atoms with van der Waals surface area (Å²) in [5, 5.41) is 2.68. The van der Waals surface area contributed by atoms with Gasteiger partial charge in [-0.3, -0.25) is 4.79 Å². The smallest absolute Gasteiger partial charge is 0.247 e. The molecule has 0 atom stereocenters. The zero-order chi connectivity index (χ0) is 12.7. The number of carbonyl (C=O) groups is 1. The molecule has 0 aromatic heterocycles. The van der Waals surface area contributed by atoms with Crippen LogP contribution in [-0.2, 0) is 4.79 Å². The molecule has 1 N–H and O–H groups in total. The molecule has 1 aromatic carbocycles. The molecule has 0 saturated carbocycles. The van der Waals surface area contributed by atoms with E-state index in [9.17, 15) is 4.79 Å². The van der Waals surface area contributed by atoms with Crippen LogP contribution >= 0.6 is 0 Å². The molecule has 0 radical (unpaired) electrons. The fourth-order valence-corrected chi connectivity index (χ4v) is 1.33. The number of ether oxygens (including phenoxy) is 2. The van der Waals surface area contributed by atoms with Crippen LogP contribution in [0.15, 0.2) is 30.9 Å². The largest absolute Gasteiger partial charge is 0.494 e. The van der Waals surface area contributed by atoms with Gasteiger partial charge in [-0.1, -0.05) is 6.58 Å². The van der Waals surface area contributed by atoms with Crippen LogP contribution < -0.4 is 14.8 Å². The number of nitrogens with one attached hydrogen (secondary N) is 1. The van der Waals surface area contributed by atoms with Gasteiger partial charge in [0.05, 0.1) is 18.9 Å². The summed E-state index contributed by atoms with van der Waals surface area (Å²) in [7, 11) is 0. The van der Waals surface area contributed by atoms with Gasteiger partial charge >= 0.3 is 0 Å². The summed E-state index contributed by atoms with van der Waals surface area (Å²) < 4.78 is 10.8. The van der Waals surface area contributed by atoms with Crippen LogP contribution in [-0.4, -0.2) is 19.1 Å². The Bertz CT molecular complexity index is 402. The predicted octanol–water partition coefficient (Wildman–Crippen LogP) is 2.61. The highest BCUT2D eigenvalue weighted by molar-refractivity contribution is 6.00. The minimum atomic E-state index is -0.278. The molecule has 4 heteroatoms. The summed E-state index contributed by atoms with van der Waals surface area (Å²) >= 11 is 0. The topological polar surface area (TPSA) is 47.6 Å². The molecule has 0 heterocycles. The van der Waals surface area contributed by atoms with E-state index in [-0.39, 0.29) is 5.91 Å². The third kappa shape index (κ3) is 3.83. The van der Waals surface area contributed by atoms with Crippen molar-refractivity contribution in [1.29, 1.82) is 0 Å². The van der Waals surface area contributed by atoms with Gasteiger partial charge in [0.15, 0.2) is 0 Å². The summed E-state index contributed by atoms with van der Waals surface area (Å²) in [5.74, 6) is 1.03. The Morgan fingerprint density at radius 2 is 2.06 bits per heavy atom. The molecular formula is C13H17NO3. The van der Waals surface area contributed by atoms with Crippen molar-refractivity contribution in [2.45, 2.75) is 13.8 Å². The molecule has 0 aliphatic heterocycles. The van der Waals surface area contributed by atoms with Crippen molar-refractivity contribution in [3.05, 3.63) is 30.9 Å². The van der Waals surface area contributed by atoms with E-state index in [2.05, 4.69) is 11.9 Å². The van der Waals surface area contributed by atoms with Crippen LogP contribution in [0.2, 0.25) is 0 Å². The van der Waals surface area contributed by atoms with Gasteiger partial charge in [0.1, 0.15) is 11.5 Å². The van der Waals surface area contributed by atoms with Crippen molar-refractivity contribution in [1.82, 2.24) is 0 Å². The molecule has 92 valence electrons. The van der Waals surface area contributed by atoms with E-state index in [1.54, 1.807) is 18.2 Å². The molecule has 0 aliphatic rings. The second-order valence-corrected chi connectivity index (χ2v) is 3.22. The van der Waals surface area contributed by atoms with Gasteiger partial charge in [-0.25, -0.2) is 0 Å². The van der Waals surface area contributed by atoms with Crippen LogP contribution in [0, 0.1) is 0 Å². The maximum Gasteiger partial charge on any atom is 0.247 e. The Morgan fingerprint density at radius 3 is 2.65 bits per heavy atom. The standard InChI is InChI=1S/C13H17NO3/c1-4-13(15)14-11-9-10(16-5-2)7-8-12(11)17-6-3/h4,7-9H,1,5-6H2,2-3H3,(H,14,15). The minimum Gasteiger partial charge on any atom is -0.494 e. The molecule has 0 saturated heterocycles. The highest BCUT2D eigenvalue weighted by Crippen LogP contribution is 2.29. The van der Waals surface area contributed by atoms with Gasteiger partial charge < -0.3 is 14.8 Å². The quantitative estimate of drug-likeness (QED) is 0.771. The lowest BCUT2D eigenvalue weighted by molar-refractivity contribution is -0.111. The van der Waals surface area contributed by atoms with E-state index in [1.807, 2.05) is 13.8 Å². The summed E-state index contributed by atoms with van der Waals surface area (Å²) in [6, 6.07) is 5.31. The number of rotatable bonds is 6. The molecule has 17 heavy (non-hydrogen) atoms. The number of hydrogen-bond acceptors (Lipinski definition) is 3. The average molecular weight is 235 g/mol. The Balaban J connectivity index is 2.97. The molecule has 1 rings (SSSR count). The van der Waals surface area contributed by atoms with Crippen molar-refractivity contribution >= 4 is 11.6 Å². The highest BCUT2D eigenvalue weighted by Gasteiger charge is 2.07. The SMILES string of the molecule is C=CC(=O)Nc1cc(OCC)ccc1OCC. The number of hydrogen-bond donors (Lipinski definition) is 1. The maximum atomic E-state index is 11.3. The fourth-order valence-electron chi connectivity index (χ4n) is 1.33. The molecule has 0 spiro atoms. The Hall–Kier alpha value is -1.97. The van der Waals surface area contributed by atoms with Crippen LogP contribution in [0.3, 0.4) is 0 Å². The third-order valence-electron chi connectivity index (χ3n) is 2.01. The first-order valence-electron chi connectivity index (χ1n) is 5.54. The third-order valence-corrected chi connectivity index (χ3v) is 2.01. The van der Waals surface area contributed by atoms with Gasteiger partial charge in [0.25, 0.3) is 0 Å². The number of carbonyl (C=O) groups excluding carboxylic acids is 1. The van der Waals surface area contributed by atoms with Crippen molar-refractivity contribution in [2.75, 3.05) is 18.5 Å². The highest BCUT2D eigenvalue weighted by atomic mass is 16.5. The Morgan fingerprint density at radius 1 is 1.35 bits per heavy atom. The molecule has 4 nitrogen and oxygen atoms in total. The van der Waals surface area contributed by atoms with Gasteiger partial charge in [0.2, 0.25) is 5.91 Å². The summed E-state index contributed by atoms with van der Waals surface area (Å²) in [6.07, 6.45) is 1.21.